The number of halogens is 2. The Morgan fingerprint density at radius 1 is 1.06 bits per heavy atom. The molecule has 4 bridgehead atoms. The van der Waals surface area contributed by atoms with E-state index >= 15 is 0 Å². The van der Waals surface area contributed by atoms with Crippen molar-refractivity contribution in [1.29, 1.82) is 0 Å². The van der Waals surface area contributed by atoms with E-state index in [9.17, 15) is 19.1 Å². The molecule has 0 spiro atoms. The Morgan fingerprint density at radius 2 is 1.69 bits per heavy atom. The summed E-state index contributed by atoms with van der Waals surface area (Å²) < 4.78 is 14.9. The van der Waals surface area contributed by atoms with Gasteiger partial charge in [0.25, 0.3) is 5.56 Å². The highest BCUT2D eigenvalue weighted by molar-refractivity contribution is 6.33. The molecule has 7 rings (SSSR count). The van der Waals surface area contributed by atoms with Gasteiger partial charge in [0.1, 0.15) is 10.8 Å². The van der Waals surface area contributed by atoms with Gasteiger partial charge in [0.15, 0.2) is 0 Å². The predicted octanol–water partition coefficient (Wildman–Crippen LogP) is 4.13. The van der Waals surface area contributed by atoms with Crippen LogP contribution in [0.2, 0.25) is 5.02 Å². The molecule has 9 heteroatoms. The molecule has 1 aromatic heterocycles. The van der Waals surface area contributed by atoms with Crippen LogP contribution in [0.5, 0.6) is 0 Å². The summed E-state index contributed by atoms with van der Waals surface area (Å²) in [6.45, 7) is 2.82. The van der Waals surface area contributed by atoms with Crippen LogP contribution >= 0.6 is 11.6 Å². The number of hydrogen-bond donors (Lipinski definition) is 1. The molecule has 2 atom stereocenters. The lowest BCUT2D eigenvalue weighted by Gasteiger charge is -2.61. The Bertz CT molecular complexity index is 1190. The van der Waals surface area contributed by atoms with Crippen molar-refractivity contribution >= 4 is 28.9 Å². The van der Waals surface area contributed by atoms with E-state index in [1.165, 1.54) is 12.1 Å². The molecule has 186 valence electrons. The second kappa shape index (κ2) is 8.22. The van der Waals surface area contributed by atoms with E-state index in [-0.39, 0.29) is 28.2 Å². The lowest BCUT2D eigenvalue weighted by molar-refractivity contribution is -0.151. The first-order valence-electron chi connectivity index (χ1n) is 12.5. The Morgan fingerprint density at radius 3 is 2.31 bits per heavy atom. The molecule has 0 radical (unpaired) electrons. The summed E-state index contributed by atoms with van der Waals surface area (Å²) in [7, 11) is 0. The van der Waals surface area contributed by atoms with Crippen LogP contribution in [0, 0.1) is 23.1 Å². The molecule has 35 heavy (non-hydrogen) atoms. The lowest BCUT2D eigenvalue weighted by atomic mass is 9.46. The summed E-state index contributed by atoms with van der Waals surface area (Å²) in [5, 5.41) is 14.4. The maximum atomic E-state index is 13.6. The van der Waals surface area contributed by atoms with Crippen LogP contribution in [0.15, 0.2) is 35.3 Å². The van der Waals surface area contributed by atoms with Crippen molar-refractivity contribution in [2.24, 2.45) is 17.3 Å². The number of carboxylic acids is 1. The summed E-state index contributed by atoms with van der Waals surface area (Å²) in [4.78, 5) is 29.5. The maximum absolute atomic E-state index is 13.6. The third-order valence-electron chi connectivity index (χ3n) is 8.84. The standard InChI is InChI=1S/C26H30ClFN4O3/c27-23-21(31-7-5-30(6-8-31)20-3-1-19(28)2-4-20)15-29-32(24(23)35)26-12-17-9-18(13-26)11-25(10-17,16-26)14-22(33)34/h1-4,15,17-18H,5-14,16H2,(H,33,34). The maximum Gasteiger partial charge on any atom is 0.303 e. The summed E-state index contributed by atoms with van der Waals surface area (Å²) in [5.74, 6) is -0.112. The number of carboxylic acid groups (broad SMARTS) is 1. The highest BCUT2D eigenvalue weighted by Gasteiger charge is 2.59. The molecule has 4 aliphatic carbocycles. The van der Waals surface area contributed by atoms with Crippen LogP contribution in [-0.2, 0) is 10.3 Å². The van der Waals surface area contributed by atoms with Gasteiger partial charge in [-0.3, -0.25) is 9.59 Å². The number of aromatic nitrogens is 2. The number of nitrogens with zero attached hydrogens (tertiary/aromatic N) is 4. The minimum Gasteiger partial charge on any atom is -0.481 e. The topological polar surface area (TPSA) is 78.7 Å². The average Bonchev–Trinajstić information content (AvgIpc) is 2.80. The fraction of sp³-hybridized carbons (Fsp3) is 0.577. The Hall–Kier alpha value is -2.61. The first-order valence-corrected chi connectivity index (χ1v) is 12.9. The molecule has 2 heterocycles. The van der Waals surface area contributed by atoms with Crippen molar-refractivity contribution in [1.82, 2.24) is 9.78 Å². The molecular weight excluding hydrogens is 471 g/mol. The van der Waals surface area contributed by atoms with Crippen molar-refractivity contribution in [2.75, 3.05) is 36.0 Å². The smallest absolute Gasteiger partial charge is 0.303 e. The third-order valence-corrected chi connectivity index (χ3v) is 9.19. The van der Waals surface area contributed by atoms with Gasteiger partial charge in [0.05, 0.1) is 23.8 Å². The van der Waals surface area contributed by atoms with Gasteiger partial charge in [-0.2, -0.15) is 5.10 Å². The van der Waals surface area contributed by atoms with Crippen LogP contribution in [0.25, 0.3) is 0 Å². The van der Waals surface area contributed by atoms with E-state index in [2.05, 4.69) is 14.9 Å². The second-order valence-electron chi connectivity index (χ2n) is 11.3. The first kappa shape index (κ1) is 22.8. The number of carbonyl (C=O) groups is 1. The zero-order valence-corrected chi connectivity index (χ0v) is 20.4. The largest absolute Gasteiger partial charge is 0.481 e. The molecule has 1 saturated heterocycles. The quantitative estimate of drug-likeness (QED) is 0.665. The van der Waals surface area contributed by atoms with Crippen molar-refractivity contribution < 1.29 is 14.3 Å². The van der Waals surface area contributed by atoms with Gasteiger partial charge in [0, 0.05) is 31.9 Å². The van der Waals surface area contributed by atoms with Gasteiger partial charge < -0.3 is 14.9 Å². The minimum absolute atomic E-state index is 0.167. The van der Waals surface area contributed by atoms with Gasteiger partial charge in [-0.15, -0.1) is 0 Å². The van der Waals surface area contributed by atoms with Crippen LogP contribution in [0.1, 0.15) is 44.9 Å². The van der Waals surface area contributed by atoms with Gasteiger partial charge in [0.2, 0.25) is 0 Å². The number of piperazine rings is 1. The molecule has 1 N–H and O–H groups in total. The van der Waals surface area contributed by atoms with Crippen molar-refractivity contribution in [3.05, 3.63) is 51.7 Å². The number of rotatable bonds is 5. The summed E-state index contributed by atoms with van der Waals surface area (Å²) in [6, 6.07) is 6.49. The predicted molar refractivity (Wildman–Crippen MR) is 132 cm³/mol. The number of benzene rings is 1. The average molecular weight is 501 g/mol. The van der Waals surface area contributed by atoms with Crippen molar-refractivity contribution in [2.45, 2.75) is 50.5 Å². The van der Waals surface area contributed by atoms with Gasteiger partial charge in [-0.25, -0.2) is 9.07 Å². The second-order valence-corrected chi connectivity index (χ2v) is 11.6. The van der Waals surface area contributed by atoms with Gasteiger partial charge in [-0.05, 0) is 80.0 Å². The zero-order chi connectivity index (χ0) is 24.4. The number of anilines is 2. The molecular formula is C26H30ClFN4O3. The Balaban J connectivity index is 1.24. The molecule has 2 aromatic rings. The van der Waals surface area contributed by atoms with E-state index in [1.54, 1.807) is 23.0 Å². The summed E-state index contributed by atoms with van der Waals surface area (Å²) in [5.41, 5.74) is 0.691. The molecule has 0 amide bonds. The van der Waals surface area contributed by atoms with Crippen LogP contribution in [0.4, 0.5) is 15.8 Å². The molecule has 5 aliphatic rings. The molecule has 5 fully saturated rings. The zero-order valence-electron chi connectivity index (χ0n) is 19.6. The fourth-order valence-corrected chi connectivity index (χ4v) is 8.27. The Labute approximate surface area is 208 Å². The molecule has 2 unspecified atom stereocenters. The van der Waals surface area contributed by atoms with Crippen LogP contribution in [0.3, 0.4) is 0 Å². The van der Waals surface area contributed by atoms with Gasteiger partial charge >= 0.3 is 5.97 Å². The Kier molecular flexibility index (Phi) is 5.36. The van der Waals surface area contributed by atoms with E-state index in [1.807, 2.05) is 0 Å². The monoisotopic (exact) mass is 500 g/mol. The highest BCUT2D eigenvalue weighted by Crippen LogP contribution is 2.65. The SMILES string of the molecule is O=C(O)CC12CC3CC(C1)CC(n1ncc(N4CCN(c5ccc(F)cc5)CC4)c(Cl)c1=O)(C3)C2. The van der Waals surface area contributed by atoms with Gasteiger partial charge in [-0.1, -0.05) is 11.6 Å². The van der Waals surface area contributed by atoms with Crippen molar-refractivity contribution in [3.63, 3.8) is 0 Å². The summed E-state index contributed by atoms with van der Waals surface area (Å²) >= 11 is 6.70. The highest BCUT2D eigenvalue weighted by atomic mass is 35.5. The van der Waals surface area contributed by atoms with E-state index in [0.717, 1.165) is 50.9 Å². The van der Waals surface area contributed by atoms with E-state index in [4.69, 9.17) is 11.6 Å². The van der Waals surface area contributed by atoms with E-state index in [0.29, 0.717) is 37.0 Å². The van der Waals surface area contributed by atoms with Crippen LogP contribution in [-0.4, -0.2) is 47.0 Å². The normalized spacial score (nSPS) is 31.7. The first-order chi connectivity index (χ1) is 16.8. The number of aliphatic carboxylic acids is 1. The number of hydrogen-bond acceptors (Lipinski definition) is 5. The molecule has 4 saturated carbocycles. The van der Waals surface area contributed by atoms with Crippen molar-refractivity contribution in [3.8, 4) is 0 Å². The minimum atomic E-state index is -0.754. The van der Waals surface area contributed by atoms with Crippen LogP contribution < -0.4 is 15.4 Å². The molecule has 1 aromatic carbocycles. The fourth-order valence-electron chi connectivity index (χ4n) is 8.02. The third kappa shape index (κ3) is 3.90. The van der Waals surface area contributed by atoms with E-state index < -0.39 is 11.5 Å². The summed E-state index contributed by atoms with van der Waals surface area (Å²) in [6.07, 6.45) is 7.35. The molecule has 1 aliphatic heterocycles. The molecule has 7 nitrogen and oxygen atoms in total. The lowest BCUT2D eigenvalue weighted by Crippen LogP contribution is -2.59.